The highest BCUT2D eigenvalue weighted by molar-refractivity contribution is 9.10. The Morgan fingerprint density at radius 2 is 2.11 bits per heavy atom. The van der Waals surface area contributed by atoms with Crippen LogP contribution < -0.4 is 11.1 Å². The third-order valence-corrected chi connectivity index (χ3v) is 3.17. The van der Waals surface area contributed by atoms with Gasteiger partial charge in [-0.1, -0.05) is 6.92 Å². The summed E-state index contributed by atoms with van der Waals surface area (Å²) < 4.78 is 5.50. The van der Waals surface area contributed by atoms with E-state index in [1.54, 1.807) is 25.1 Å². The van der Waals surface area contributed by atoms with Crippen LogP contribution in [0.3, 0.4) is 0 Å². The first kappa shape index (κ1) is 15.7. The van der Waals surface area contributed by atoms with Crippen LogP contribution >= 0.6 is 15.9 Å². The predicted molar refractivity (Wildman–Crippen MR) is 77.0 cm³/mol. The maximum Gasteiger partial charge on any atom is 0.338 e. The van der Waals surface area contributed by atoms with E-state index in [0.29, 0.717) is 28.8 Å². The Morgan fingerprint density at radius 3 is 2.63 bits per heavy atom. The van der Waals surface area contributed by atoms with Crippen LogP contribution in [0.5, 0.6) is 0 Å². The maximum atomic E-state index is 11.7. The molecule has 6 heteroatoms. The van der Waals surface area contributed by atoms with Crippen molar-refractivity contribution in [2.24, 2.45) is 5.73 Å². The molecule has 1 amide bonds. The van der Waals surface area contributed by atoms with E-state index in [2.05, 4.69) is 21.2 Å². The van der Waals surface area contributed by atoms with Gasteiger partial charge in [-0.25, -0.2) is 4.79 Å². The number of nitrogens with one attached hydrogen (secondary N) is 1. The van der Waals surface area contributed by atoms with E-state index in [9.17, 15) is 9.59 Å². The lowest BCUT2D eigenvalue weighted by atomic mass is 10.2. The zero-order chi connectivity index (χ0) is 14.4. The minimum absolute atomic E-state index is 0.257. The van der Waals surface area contributed by atoms with E-state index in [1.807, 2.05) is 6.92 Å². The van der Waals surface area contributed by atoms with Crippen LogP contribution in [0, 0.1) is 0 Å². The van der Waals surface area contributed by atoms with E-state index < -0.39 is 12.0 Å². The molecule has 0 aromatic heterocycles. The number of rotatable bonds is 5. The fourth-order valence-corrected chi connectivity index (χ4v) is 1.85. The van der Waals surface area contributed by atoms with Crippen molar-refractivity contribution in [3.05, 3.63) is 28.2 Å². The number of amides is 1. The quantitative estimate of drug-likeness (QED) is 0.812. The first-order chi connectivity index (χ1) is 8.99. The number of esters is 1. The second kappa shape index (κ2) is 7.25. The van der Waals surface area contributed by atoms with E-state index in [1.165, 1.54) is 0 Å². The monoisotopic (exact) mass is 328 g/mol. The van der Waals surface area contributed by atoms with Gasteiger partial charge in [-0.2, -0.15) is 0 Å². The number of carbonyl (C=O) groups excluding carboxylic acids is 2. The van der Waals surface area contributed by atoms with Gasteiger partial charge in [0.25, 0.3) is 0 Å². The van der Waals surface area contributed by atoms with Crippen molar-refractivity contribution in [3.63, 3.8) is 0 Å². The van der Waals surface area contributed by atoms with Crippen LogP contribution in [0.25, 0.3) is 0 Å². The van der Waals surface area contributed by atoms with Crippen molar-refractivity contribution >= 4 is 33.5 Å². The predicted octanol–water partition coefficient (Wildman–Crippen LogP) is 2.30. The van der Waals surface area contributed by atoms with Crippen LogP contribution in [0.4, 0.5) is 5.69 Å². The summed E-state index contributed by atoms with van der Waals surface area (Å²) >= 11 is 3.30. The molecule has 104 valence electrons. The molecule has 1 atom stereocenters. The van der Waals surface area contributed by atoms with Crippen LogP contribution in [0.1, 0.15) is 30.6 Å². The lowest BCUT2D eigenvalue weighted by molar-refractivity contribution is -0.117. The molecule has 0 fully saturated rings. The summed E-state index contributed by atoms with van der Waals surface area (Å²) in [4.78, 5) is 23.2. The number of hydrogen-bond donors (Lipinski definition) is 2. The van der Waals surface area contributed by atoms with Crippen molar-refractivity contribution < 1.29 is 14.3 Å². The highest BCUT2D eigenvalue weighted by Crippen LogP contribution is 2.24. The largest absolute Gasteiger partial charge is 0.462 e. The molecule has 0 aliphatic heterocycles. The lowest BCUT2D eigenvalue weighted by Gasteiger charge is -2.12. The average Bonchev–Trinajstić information content (AvgIpc) is 2.40. The number of carbonyl (C=O) groups is 2. The van der Waals surface area contributed by atoms with Crippen molar-refractivity contribution in [2.45, 2.75) is 26.3 Å². The van der Waals surface area contributed by atoms with Crippen LogP contribution in [-0.2, 0) is 9.53 Å². The van der Waals surface area contributed by atoms with Crippen LogP contribution in [0.15, 0.2) is 22.7 Å². The second-order valence-electron chi connectivity index (χ2n) is 3.92. The topological polar surface area (TPSA) is 81.4 Å². The molecule has 0 saturated heterocycles. The normalized spacial score (nSPS) is 11.8. The van der Waals surface area contributed by atoms with E-state index in [-0.39, 0.29) is 5.91 Å². The molecule has 0 bridgehead atoms. The standard InChI is InChI=1S/C13H17BrN2O3/c1-3-10(15)12(17)16-11-6-5-8(7-9(11)14)13(18)19-4-2/h5-7,10H,3-4,15H2,1-2H3,(H,16,17)/t10-/m0/s1. The number of ether oxygens (including phenoxy) is 1. The highest BCUT2D eigenvalue weighted by Gasteiger charge is 2.14. The van der Waals surface area contributed by atoms with Gasteiger partial charge in [0.15, 0.2) is 0 Å². The summed E-state index contributed by atoms with van der Waals surface area (Å²) in [7, 11) is 0. The zero-order valence-electron chi connectivity index (χ0n) is 10.9. The van der Waals surface area contributed by atoms with Gasteiger partial charge < -0.3 is 15.8 Å². The third-order valence-electron chi connectivity index (χ3n) is 2.51. The summed E-state index contributed by atoms with van der Waals surface area (Å²) in [6, 6.07) is 4.29. The van der Waals surface area contributed by atoms with Gasteiger partial charge >= 0.3 is 5.97 Å². The van der Waals surface area contributed by atoms with E-state index in [0.717, 1.165) is 0 Å². The summed E-state index contributed by atoms with van der Waals surface area (Å²) in [6.45, 7) is 3.90. The van der Waals surface area contributed by atoms with Gasteiger partial charge in [-0.3, -0.25) is 4.79 Å². The van der Waals surface area contributed by atoms with Crippen molar-refractivity contribution in [1.29, 1.82) is 0 Å². The number of anilines is 1. The Bertz CT molecular complexity index is 477. The number of nitrogens with two attached hydrogens (primary N) is 1. The fraction of sp³-hybridized carbons (Fsp3) is 0.385. The zero-order valence-corrected chi connectivity index (χ0v) is 12.5. The maximum absolute atomic E-state index is 11.7. The van der Waals surface area contributed by atoms with Gasteiger partial charge in [0.1, 0.15) is 0 Å². The Labute approximate surface area is 120 Å². The van der Waals surface area contributed by atoms with Gasteiger partial charge in [-0.05, 0) is 47.5 Å². The van der Waals surface area contributed by atoms with Gasteiger partial charge in [0.05, 0.1) is 23.9 Å². The van der Waals surface area contributed by atoms with E-state index >= 15 is 0 Å². The molecule has 1 aromatic carbocycles. The summed E-state index contributed by atoms with van der Waals surface area (Å²) in [5.41, 5.74) is 6.62. The van der Waals surface area contributed by atoms with Crippen LogP contribution in [0.2, 0.25) is 0 Å². The molecule has 0 aliphatic carbocycles. The van der Waals surface area contributed by atoms with Gasteiger partial charge in [-0.15, -0.1) is 0 Å². The molecule has 0 aliphatic rings. The molecule has 0 saturated carbocycles. The summed E-state index contributed by atoms with van der Waals surface area (Å²) in [5, 5.41) is 2.70. The second-order valence-corrected chi connectivity index (χ2v) is 4.77. The average molecular weight is 329 g/mol. The third kappa shape index (κ3) is 4.33. The highest BCUT2D eigenvalue weighted by atomic mass is 79.9. The van der Waals surface area contributed by atoms with Crippen molar-refractivity contribution in [3.8, 4) is 0 Å². The molecule has 19 heavy (non-hydrogen) atoms. The molecule has 0 radical (unpaired) electrons. The summed E-state index contributed by atoms with van der Waals surface area (Å²) in [5.74, 6) is -0.654. The molecular weight excluding hydrogens is 312 g/mol. The van der Waals surface area contributed by atoms with Crippen molar-refractivity contribution in [2.75, 3.05) is 11.9 Å². The smallest absolute Gasteiger partial charge is 0.338 e. The van der Waals surface area contributed by atoms with Crippen LogP contribution in [-0.4, -0.2) is 24.5 Å². The molecule has 3 N–H and O–H groups in total. The number of halogens is 1. The Hall–Kier alpha value is -1.40. The first-order valence-corrected chi connectivity index (χ1v) is 6.82. The summed E-state index contributed by atoms with van der Waals surface area (Å²) in [6.07, 6.45) is 0.560. The molecule has 1 rings (SSSR count). The first-order valence-electron chi connectivity index (χ1n) is 6.02. The number of hydrogen-bond acceptors (Lipinski definition) is 4. The Balaban J connectivity index is 2.83. The fourth-order valence-electron chi connectivity index (χ4n) is 1.37. The minimum atomic E-state index is -0.545. The van der Waals surface area contributed by atoms with E-state index in [4.69, 9.17) is 10.5 Å². The van der Waals surface area contributed by atoms with Crippen molar-refractivity contribution in [1.82, 2.24) is 0 Å². The molecular formula is C13H17BrN2O3. The Morgan fingerprint density at radius 1 is 1.42 bits per heavy atom. The van der Waals surface area contributed by atoms with Gasteiger partial charge in [0, 0.05) is 4.47 Å². The molecule has 1 aromatic rings. The molecule has 5 nitrogen and oxygen atoms in total. The Kier molecular flexibility index (Phi) is 5.98. The SMILES string of the molecule is CCOC(=O)c1ccc(NC(=O)[C@@H](N)CC)c(Br)c1. The number of benzene rings is 1. The molecule has 0 heterocycles. The lowest BCUT2D eigenvalue weighted by Crippen LogP contribution is -2.34. The molecule has 0 spiro atoms. The minimum Gasteiger partial charge on any atom is -0.462 e. The van der Waals surface area contributed by atoms with Gasteiger partial charge in [0.2, 0.25) is 5.91 Å². The molecule has 0 unspecified atom stereocenters.